The van der Waals surface area contributed by atoms with Gasteiger partial charge >= 0.3 is 0 Å². The molecule has 1 N–H and O–H groups in total. The van der Waals surface area contributed by atoms with E-state index in [0.29, 0.717) is 29.4 Å². The number of anilines is 1. The number of aromatic nitrogens is 3. The third kappa shape index (κ3) is 4.28. The van der Waals surface area contributed by atoms with Crippen LogP contribution >= 0.6 is 0 Å². The minimum atomic E-state index is -0.330. The number of carbonyl (C=O) groups is 1. The van der Waals surface area contributed by atoms with Crippen LogP contribution in [0.25, 0.3) is 16.9 Å². The minimum Gasteiger partial charge on any atom is -0.497 e. The normalized spacial score (nSPS) is 10.7. The maximum Gasteiger partial charge on any atom is 0.276 e. The summed E-state index contributed by atoms with van der Waals surface area (Å²) in [5.41, 5.74) is 3.03. The first-order valence-corrected chi connectivity index (χ1v) is 9.73. The third-order valence-electron chi connectivity index (χ3n) is 4.66. The monoisotopic (exact) mass is 418 g/mol. The highest BCUT2D eigenvalue weighted by Gasteiger charge is 2.15. The van der Waals surface area contributed by atoms with E-state index in [4.69, 9.17) is 14.2 Å². The molecule has 158 valence electrons. The summed E-state index contributed by atoms with van der Waals surface area (Å²) in [7, 11) is 3.19. The van der Waals surface area contributed by atoms with Crippen LogP contribution in [-0.4, -0.2) is 41.3 Å². The lowest BCUT2D eigenvalue weighted by atomic mass is 10.1. The van der Waals surface area contributed by atoms with E-state index in [9.17, 15) is 4.79 Å². The van der Waals surface area contributed by atoms with E-state index in [0.717, 1.165) is 17.0 Å². The van der Waals surface area contributed by atoms with Crippen LogP contribution in [0.2, 0.25) is 0 Å². The molecule has 0 bridgehead atoms. The van der Waals surface area contributed by atoms with Crippen molar-refractivity contribution in [3.63, 3.8) is 0 Å². The molecule has 2 heterocycles. The standard InChI is InChI=1S/C23H22N4O4/c1-4-31-17-7-5-16(6-8-17)25-23(28)20-14-22-24-10-9-21(27(22)26-20)15-11-18(29-2)13-19(12-15)30-3/h5-14H,4H2,1-3H3,(H,25,28). The van der Waals surface area contributed by atoms with Gasteiger partial charge in [-0.05, 0) is 49.4 Å². The van der Waals surface area contributed by atoms with Gasteiger partial charge in [0.25, 0.3) is 5.91 Å². The van der Waals surface area contributed by atoms with Crippen LogP contribution in [0, 0.1) is 0 Å². The van der Waals surface area contributed by atoms with Crippen molar-refractivity contribution >= 4 is 17.2 Å². The Morgan fingerprint density at radius 2 is 1.68 bits per heavy atom. The van der Waals surface area contributed by atoms with Crippen LogP contribution < -0.4 is 19.5 Å². The van der Waals surface area contributed by atoms with Crippen molar-refractivity contribution in [1.29, 1.82) is 0 Å². The number of hydrogen-bond donors (Lipinski definition) is 1. The fourth-order valence-corrected chi connectivity index (χ4v) is 3.18. The van der Waals surface area contributed by atoms with E-state index in [-0.39, 0.29) is 11.6 Å². The van der Waals surface area contributed by atoms with Gasteiger partial charge in [-0.2, -0.15) is 5.10 Å². The van der Waals surface area contributed by atoms with E-state index in [1.54, 1.807) is 61.3 Å². The van der Waals surface area contributed by atoms with Crippen LogP contribution in [0.1, 0.15) is 17.4 Å². The number of methoxy groups -OCH3 is 2. The molecule has 0 atom stereocenters. The summed E-state index contributed by atoms with van der Waals surface area (Å²) < 4.78 is 17.8. The lowest BCUT2D eigenvalue weighted by Gasteiger charge is -2.09. The molecule has 8 heteroatoms. The highest BCUT2D eigenvalue weighted by molar-refractivity contribution is 6.03. The SMILES string of the molecule is CCOc1ccc(NC(=O)c2cc3nccc(-c4cc(OC)cc(OC)c4)n3n2)cc1. The Bertz CT molecular complexity index is 1200. The number of rotatable bonds is 7. The van der Waals surface area contributed by atoms with Crippen molar-refractivity contribution in [2.24, 2.45) is 0 Å². The highest BCUT2D eigenvalue weighted by Crippen LogP contribution is 2.30. The number of ether oxygens (including phenoxy) is 3. The van der Waals surface area contributed by atoms with Gasteiger partial charge in [0, 0.05) is 29.6 Å². The van der Waals surface area contributed by atoms with Gasteiger partial charge in [-0.25, -0.2) is 9.50 Å². The van der Waals surface area contributed by atoms with E-state index in [2.05, 4.69) is 15.4 Å². The number of hydrogen-bond acceptors (Lipinski definition) is 6. The predicted octanol–water partition coefficient (Wildman–Crippen LogP) is 4.06. The Balaban J connectivity index is 1.65. The first-order chi connectivity index (χ1) is 15.1. The van der Waals surface area contributed by atoms with E-state index < -0.39 is 0 Å². The molecule has 0 saturated carbocycles. The molecule has 0 spiro atoms. The van der Waals surface area contributed by atoms with Crippen molar-refractivity contribution in [3.8, 4) is 28.5 Å². The number of amides is 1. The number of carbonyl (C=O) groups excluding carboxylic acids is 1. The second kappa shape index (κ2) is 8.74. The molecule has 0 aliphatic heterocycles. The zero-order valence-corrected chi connectivity index (χ0v) is 17.5. The van der Waals surface area contributed by atoms with Crippen LogP contribution in [0.3, 0.4) is 0 Å². The van der Waals surface area contributed by atoms with E-state index in [1.165, 1.54) is 0 Å². The molecular weight excluding hydrogens is 396 g/mol. The second-order valence-electron chi connectivity index (χ2n) is 6.64. The summed E-state index contributed by atoms with van der Waals surface area (Å²) in [4.78, 5) is 17.1. The quantitative estimate of drug-likeness (QED) is 0.487. The summed E-state index contributed by atoms with van der Waals surface area (Å²) >= 11 is 0. The van der Waals surface area contributed by atoms with Gasteiger partial charge in [-0.3, -0.25) is 4.79 Å². The lowest BCUT2D eigenvalue weighted by molar-refractivity contribution is 0.102. The molecule has 0 aliphatic carbocycles. The fourth-order valence-electron chi connectivity index (χ4n) is 3.18. The number of nitrogens with one attached hydrogen (secondary N) is 1. The average Bonchev–Trinajstić information content (AvgIpc) is 3.25. The number of nitrogens with zero attached hydrogens (tertiary/aromatic N) is 3. The van der Waals surface area contributed by atoms with Gasteiger partial charge in [0.15, 0.2) is 11.3 Å². The third-order valence-corrected chi connectivity index (χ3v) is 4.66. The van der Waals surface area contributed by atoms with Crippen LogP contribution in [0.5, 0.6) is 17.2 Å². The van der Waals surface area contributed by atoms with Crippen molar-refractivity contribution in [3.05, 3.63) is 66.5 Å². The predicted molar refractivity (Wildman–Crippen MR) is 117 cm³/mol. The highest BCUT2D eigenvalue weighted by atomic mass is 16.5. The summed E-state index contributed by atoms with van der Waals surface area (Å²) in [6, 6.07) is 16.2. The zero-order valence-electron chi connectivity index (χ0n) is 17.5. The Kier molecular flexibility index (Phi) is 5.70. The average molecular weight is 418 g/mol. The maximum absolute atomic E-state index is 12.8. The van der Waals surface area contributed by atoms with Crippen LogP contribution in [0.4, 0.5) is 5.69 Å². The van der Waals surface area contributed by atoms with Gasteiger partial charge in [0.2, 0.25) is 0 Å². The van der Waals surface area contributed by atoms with Crippen molar-refractivity contribution in [2.75, 3.05) is 26.1 Å². The zero-order chi connectivity index (χ0) is 21.8. The Labute approximate surface area is 179 Å². The summed E-state index contributed by atoms with van der Waals surface area (Å²) in [6.07, 6.45) is 1.67. The molecule has 31 heavy (non-hydrogen) atoms. The first kappa shape index (κ1) is 20.2. The molecule has 0 fully saturated rings. The molecule has 4 aromatic rings. The van der Waals surface area contributed by atoms with Gasteiger partial charge < -0.3 is 19.5 Å². The maximum atomic E-state index is 12.8. The largest absolute Gasteiger partial charge is 0.497 e. The Morgan fingerprint density at radius 1 is 0.968 bits per heavy atom. The van der Waals surface area contributed by atoms with Gasteiger partial charge in [0.1, 0.15) is 17.2 Å². The Morgan fingerprint density at radius 3 is 2.32 bits per heavy atom. The molecule has 8 nitrogen and oxygen atoms in total. The molecule has 4 rings (SSSR count). The van der Waals surface area contributed by atoms with Crippen molar-refractivity contribution < 1.29 is 19.0 Å². The number of benzene rings is 2. The molecule has 2 aromatic carbocycles. The molecular formula is C23H22N4O4. The summed E-state index contributed by atoms with van der Waals surface area (Å²) in [6.45, 7) is 2.50. The summed E-state index contributed by atoms with van der Waals surface area (Å²) in [5, 5.41) is 7.33. The fraction of sp³-hybridized carbons (Fsp3) is 0.174. The molecule has 0 aliphatic rings. The molecule has 0 radical (unpaired) electrons. The van der Waals surface area contributed by atoms with Crippen molar-refractivity contribution in [1.82, 2.24) is 14.6 Å². The van der Waals surface area contributed by atoms with Crippen LogP contribution in [0.15, 0.2) is 60.8 Å². The van der Waals surface area contributed by atoms with Gasteiger partial charge in [-0.1, -0.05) is 0 Å². The van der Waals surface area contributed by atoms with Gasteiger partial charge in [-0.15, -0.1) is 0 Å². The second-order valence-corrected chi connectivity index (χ2v) is 6.64. The first-order valence-electron chi connectivity index (χ1n) is 9.73. The molecule has 0 unspecified atom stereocenters. The Hall–Kier alpha value is -4.07. The minimum absolute atomic E-state index is 0.253. The summed E-state index contributed by atoms with van der Waals surface area (Å²) in [5.74, 6) is 1.72. The van der Waals surface area contributed by atoms with E-state index in [1.807, 2.05) is 25.1 Å². The topological polar surface area (TPSA) is 87.0 Å². The molecule has 2 aromatic heterocycles. The smallest absolute Gasteiger partial charge is 0.276 e. The number of fused-ring (bicyclic) bond motifs is 1. The van der Waals surface area contributed by atoms with Gasteiger partial charge in [0.05, 0.1) is 26.5 Å². The van der Waals surface area contributed by atoms with E-state index >= 15 is 0 Å². The molecule has 1 amide bonds. The van der Waals surface area contributed by atoms with Crippen molar-refractivity contribution in [2.45, 2.75) is 6.92 Å². The molecule has 0 saturated heterocycles. The lowest BCUT2D eigenvalue weighted by Crippen LogP contribution is -2.12. The van der Waals surface area contributed by atoms with Crippen LogP contribution in [-0.2, 0) is 0 Å².